The van der Waals surface area contributed by atoms with Crippen molar-refractivity contribution >= 4 is 0 Å². The highest BCUT2D eigenvalue weighted by atomic mass is 16.5. The van der Waals surface area contributed by atoms with Crippen LogP contribution in [0.4, 0.5) is 0 Å². The fourth-order valence-electron chi connectivity index (χ4n) is 1.71. The predicted octanol–water partition coefficient (Wildman–Crippen LogP) is 5.01. The van der Waals surface area contributed by atoms with Crippen LogP contribution in [0.3, 0.4) is 0 Å². The molecule has 118 valence electrons. The van der Waals surface area contributed by atoms with Crippen molar-refractivity contribution < 1.29 is 4.74 Å². The fourth-order valence-corrected chi connectivity index (χ4v) is 1.71. The van der Waals surface area contributed by atoms with Gasteiger partial charge in [-0.15, -0.1) is 0 Å². The molecule has 4 atom stereocenters. The van der Waals surface area contributed by atoms with E-state index >= 15 is 0 Å². The van der Waals surface area contributed by atoms with Crippen LogP contribution in [0.2, 0.25) is 0 Å². The minimum Gasteiger partial charge on any atom is -0.382 e. The van der Waals surface area contributed by atoms with Crippen molar-refractivity contribution in [1.82, 2.24) is 0 Å². The van der Waals surface area contributed by atoms with Crippen LogP contribution < -0.4 is 5.73 Å². The molecule has 19 heavy (non-hydrogen) atoms. The second kappa shape index (κ2) is 14.3. The zero-order chi connectivity index (χ0) is 15.3. The van der Waals surface area contributed by atoms with Crippen molar-refractivity contribution in [2.45, 2.75) is 92.2 Å². The van der Waals surface area contributed by atoms with Crippen LogP contribution in [0.1, 0.15) is 80.1 Å². The lowest BCUT2D eigenvalue weighted by Crippen LogP contribution is -2.18. The molecule has 0 spiro atoms. The highest BCUT2D eigenvalue weighted by molar-refractivity contribution is 4.66. The van der Waals surface area contributed by atoms with Gasteiger partial charge in [-0.3, -0.25) is 0 Å². The van der Waals surface area contributed by atoms with Gasteiger partial charge in [0.05, 0.1) is 6.10 Å². The van der Waals surface area contributed by atoms with Crippen LogP contribution in [0.15, 0.2) is 0 Å². The average Bonchev–Trinajstić information content (AvgIpc) is 2.41. The van der Waals surface area contributed by atoms with Crippen LogP contribution in [0.5, 0.6) is 0 Å². The maximum atomic E-state index is 5.76. The standard InChI is InChI=1S/C13H29NO.C4H10/c1-10(6-8-12(3)14)11(2)7-9-13(4)15-5;1-3-4-2/h10-13H,6-9,14H2,1-5H3;3-4H2,1-2H3. The third-order valence-electron chi connectivity index (χ3n) is 3.98. The minimum absolute atomic E-state index is 0.345. The summed E-state index contributed by atoms with van der Waals surface area (Å²) in [6.07, 6.45) is 7.86. The lowest BCUT2D eigenvalue weighted by Gasteiger charge is -2.22. The summed E-state index contributed by atoms with van der Waals surface area (Å²) in [5.41, 5.74) is 5.76. The Labute approximate surface area is 122 Å². The molecule has 0 saturated heterocycles. The fraction of sp³-hybridized carbons (Fsp3) is 1.00. The summed E-state index contributed by atoms with van der Waals surface area (Å²) < 4.78 is 5.26. The van der Waals surface area contributed by atoms with Crippen molar-refractivity contribution in [3.63, 3.8) is 0 Å². The smallest absolute Gasteiger partial charge is 0.0543 e. The summed E-state index contributed by atoms with van der Waals surface area (Å²) in [6, 6.07) is 0.345. The van der Waals surface area contributed by atoms with Gasteiger partial charge in [0.25, 0.3) is 0 Å². The van der Waals surface area contributed by atoms with Gasteiger partial charge in [0.15, 0.2) is 0 Å². The number of hydrogen-bond donors (Lipinski definition) is 1. The molecule has 0 aliphatic carbocycles. The topological polar surface area (TPSA) is 35.2 Å². The second-order valence-corrected chi connectivity index (χ2v) is 6.13. The van der Waals surface area contributed by atoms with Gasteiger partial charge in [0, 0.05) is 13.2 Å². The number of ether oxygens (including phenoxy) is 1. The monoisotopic (exact) mass is 273 g/mol. The second-order valence-electron chi connectivity index (χ2n) is 6.13. The van der Waals surface area contributed by atoms with E-state index in [4.69, 9.17) is 10.5 Å². The molecule has 0 aromatic heterocycles. The lowest BCUT2D eigenvalue weighted by molar-refractivity contribution is 0.101. The van der Waals surface area contributed by atoms with Gasteiger partial charge in [0.2, 0.25) is 0 Å². The molecule has 0 bridgehead atoms. The molecule has 0 aliphatic rings. The summed E-state index contributed by atoms with van der Waals surface area (Å²) in [7, 11) is 1.79. The van der Waals surface area contributed by atoms with E-state index in [1.54, 1.807) is 7.11 Å². The van der Waals surface area contributed by atoms with Gasteiger partial charge in [-0.05, 0) is 51.4 Å². The maximum absolute atomic E-state index is 5.76. The van der Waals surface area contributed by atoms with Crippen molar-refractivity contribution in [3.05, 3.63) is 0 Å². The largest absolute Gasteiger partial charge is 0.382 e. The third kappa shape index (κ3) is 15.9. The molecule has 0 aromatic rings. The van der Waals surface area contributed by atoms with Gasteiger partial charge >= 0.3 is 0 Å². The first-order valence-electron chi connectivity index (χ1n) is 8.17. The Morgan fingerprint density at radius 3 is 1.53 bits per heavy atom. The van der Waals surface area contributed by atoms with E-state index in [0.29, 0.717) is 12.1 Å². The van der Waals surface area contributed by atoms with Gasteiger partial charge in [0.1, 0.15) is 0 Å². The van der Waals surface area contributed by atoms with Crippen LogP contribution >= 0.6 is 0 Å². The number of unbranched alkanes of at least 4 members (excludes halogenated alkanes) is 1. The molecule has 0 rings (SSSR count). The Balaban J connectivity index is 0. The highest BCUT2D eigenvalue weighted by Crippen LogP contribution is 2.22. The van der Waals surface area contributed by atoms with E-state index in [1.165, 1.54) is 32.1 Å². The molecular formula is C17H39NO. The van der Waals surface area contributed by atoms with E-state index in [2.05, 4.69) is 41.5 Å². The van der Waals surface area contributed by atoms with Crippen molar-refractivity contribution in [2.24, 2.45) is 17.6 Å². The SMILES string of the molecule is CCCC.COC(C)CCC(C)C(C)CCC(C)N. The van der Waals surface area contributed by atoms with Gasteiger partial charge in [-0.25, -0.2) is 0 Å². The summed E-state index contributed by atoms with van der Waals surface area (Å²) in [5, 5.41) is 0. The highest BCUT2D eigenvalue weighted by Gasteiger charge is 2.13. The van der Waals surface area contributed by atoms with Crippen LogP contribution in [0, 0.1) is 11.8 Å². The number of methoxy groups -OCH3 is 1. The predicted molar refractivity (Wildman–Crippen MR) is 87.5 cm³/mol. The summed E-state index contributed by atoms with van der Waals surface area (Å²) in [5.74, 6) is 1.56. The summed E-state index contributed by atoms with van der Waals surface area (Å²) in [6.45, 7) is 13.3. The Hall–Kier alpha value is -0.0800. The molecule has 0 aromatic carbocycles. The number of nitrogens with two attached hydrogens (primary N) is 1. The zero-order valence-corrected chi connectivity index (χ0v) is 14.5. The Kier molecular flexibility index (Phi) is 16.0. The number of rotatable bonds is 9. The summed E-state index contributed by atoms with van der Waals surface area (Å²) >= 11 is 0. The van der Waals surface area contributed by atoms with Gasteiger partial charge < -0.3 is 10.5 Å². The molecule has 0 aliphatic heterocycles. The molecule has 2 N–H and O–H groups in total. The first-order valence-corrected chi connectivity index (χ1v) is 8.17. The quantitative estimate of drug-likeness (QED) is 0.641. The van der Waals surface area contributed by atoms with E-state index in [-0.39, 0.29) is 0 Å². The van der Waals surface area contributed by atoms with Gasteiger partial charge in [-0.1, -0.05) is 40.5 Å². The summed E-state index contributed by atoms with van der Waals surface area (Å²) in [4.78, 5) is 0. The van der Waals surface area contributed by atoms with E-state index in [1.807, 2.05) is 0 Å². The molecule has 0 heterocycles. The number of hydrogen-bond acceptors (Lipinski definition) is 2. The Morgan fingerprint density at radius 1 is 0.789 bits per heavy atom. The molecule has 4 unspecified atom stereocenters. The molecule has 0 radical (unpaired) electrons. The zero-order valence-electron chi connectivity index (χ0n) is 14.5. The molecule has 0 saturated carbocycles. The minimum atomic E-state index is 0.345. The first kappa shape index (κ1) is 21.2. The van der Waals surface area contributed by atoms with E-state index < -0.39 is 0 Å². The lowest BCUT2D eigenvalue weighted by atomic mass is 9.86. The Bertz CT molecular complexity index is 169. The van der Waals surface area contributed by atoms with Crippen LogP contribution in [-0.2, 0) is 4.74 Å². The molecule has 2 heteroatoms. The van der Waals surface area contributed by atoms with Crippen LogP contribution in [0.25, 0.3) is 0 Å². The van der Waals surface area contributed by atoms with Crippen molar-refractivity contribution in [1.29, 1.82) is 0 Å². The van der Waals surface area contributed by atoms with E-state index in [9.17, 15) is 0 Å². The van der Waals surface area contributed by atoms with Crippen molar-refractivity contribution in [3.8, 4) is 0 Å². The normalized spacial score (nSPS) is 17.1. The Morgan fingerprint density at radius 2 is 1.21 bits per heavy atom. The third-order valence-corrected chi connectivity index (χ3v) is 3.98. The van der Waals surface area contributed by atoms with Gasteiger partial charge in [-0.2, -0.15) is 0 Å². The molecule has 0 amide bonds. The van der Waals surface area contributed by atoms with E-state index in [0.717, 1.165) is 18.3 Å². The molecular weight excluding hydrogens is 234 g/mol. The van der Waals surface area contributed by atoms with Crippen molar-refractivity contribution in [2.75, 3.05) is 7.11 Å². The molecule has 2 nitrogen and oxygen atoms in total. The average molecular weight is 274 g/mol. The molecule has 0 fully saturated rings. The van der Waals surface area contributed by atoms with Crippen LogP contribution in [-0.4, -0.2) is 19.3 Å². The first-order chi connectivity index (χ1) is 8.88. The maximum Gasteiger partial charge on any atom is 0.0543 e.